The minimum Gasteiger partial charge on any atom is -0.497 e. The van der Waals surface area contributed by atoms with Gasteiger partial charge in [-0.05, 0) is 61.2 Å². The van der Waals surface area contributed by atoms with Gasteiger partial charge in [0.2, 0.25) is 0 Å². The molecule has 0 spiro atoms. The Kier molecular flexibility index (Phi) is 5.23. The monoisotopic (exact) mass is 353 g/mol. The van der Waals surface area contributed by atoms with Crippen molar-refractivity contribution in [2.24, 2.45) is 5.92 Å². The molecule has 2 fully saturated rings. The second-order valence-electron chi connectivity index (χ2n) is 7.47. The number of ketones is 1. The average molecular weight is 353 g/mol. The molecule has 0 saturated carbocycles. The highest BCUT2D eigenvalue weighted by Crippen LogP contribution is 2.27. The fraction of sp³-hybridized carbons (Fsp3) is 0.500. The Bertz CT molecular complexity index is 782. The Morgan fingerprint density at radius 2 is 1.85 bits per heavy atom. The third-order valence-corrected chi connectivity index (χ3v) is 5.86. The van der Waals surface area contributed by atoms with Crippen LogP contribution in [0.2, 0.25) is 0 Å². The predicted molar refractivity (Wildman–Crippen MR) is 103 cm³/mol. The van der Waals surface area contributed by atoms with Crippen molar-refractivity contribution in [2.75, 3.05) is 33.4 Å². The Labute approximate surface area is 155 Å². The SMILES string of the molecule is COc1ccc2cc(C(=O)C3CCCN(C4CCOCC4)C3)ccc2c1. The molecule has 2 aliphatic rings. The van der Waals surface area contributed by atoms with Crippen LogP contribution in [0.25, 0.3) is 10.8 Å². The molecule has 2 heterocycles. The molecular formula is C22H27NO3. The Hall–Kier alpha value is -1.91. The molecule has 2 saturated heterocycles. The second-order valence-corrected chi connectivity index (χ2v) is 7.47. The zero-order chi connectivity index (χ0) is 17.9. The number of ether oxygens (including phenoxy) is 2. The van der Waals surface area contributed by atoms with Gasteiger partial charge in [0.25, 0.3) is 0 Å². The number of fused-ring (bicyclic) bond motifs is 1. The Morgan fingerprint density at radius 1 is 1.08 bits per heavy atom. The standard InChI is InChI=1S/C22H27NO3/c1-25-21-7-6-16-13-18(5-4-17(16)14-21)22(24)19-3-2-10-23(15-19)20-8-11-26-12-9-20/h4-7,13-14,19-20H,2-3,8-12,15H2,1H3. The van der Waals surface area contributed by atoms with Crippen molar-refractivity contribution in [2.45, 2.75) is 31.7 Å². The molecule has 1 unspecified atom stereocenters. The van der Waals surface area contributed by atoms with E-state index in [0.717, 1.165) is 74.1 Å². The van der Waals surface area contributed by atoms with Crippen molar-refractivity contribution in [3.05, 3.63) is 42.0 Å². The van der Waals surface area contributed by atoms with Crippen LogP contribution in [-0.2, 0) is 4.74 Å². The number of benzene rings is 2. The van der Waals surface area contributed by atoms with Crippen LogP contribution in [0.4, 0.5) is 0 Å². The van der Waals surface area contributed by atoms with Crippen LogP contribution in [0.15, 0.2) is 36.4 Å². The zero-order valence-electron chi connectivity index (χ0n) is 15.4. The molecule has 26 heavy (non-hydrogen) atoms. The van der Waals surface area contributed by atoms with Gasteiger partial charge in [-0.3, -0.25) is 9.69 Å². The third kappa shape index (κ3) is 3.62. The van der Waals surface area contributed by atoms with Gasteiger partial charge in [0.15, 0.2) is 5.78 Å². The first-order valence-electron chi connectivity index (χ1n) is 9.68. The van der Waals surface area contributed by atoms with Crippen LogP contribution in [0.5, 0.6) is 5.75 Å². The molecule has 138 valence electrons. The number of nitrogens with zero attached hydrogens (tertiary/aromatic N) is 1. The van der Waals surface area contributed by atoms with E-state index in [9.17, 15) is 4.79 Å². The van der Waals surface area contributed by atoms with Crippen molar-refractivity contribution in [3.63, 3.8) is 0 Å². The quantitative estimate of drug-likeness (QED) is 0.781. The summed E-state index contributed by atoms with van der Waals surface area (Å²) in [6.07, 6.45) is 4.30. The van der Waals surface area contributed by atoms with Gasteiger partial charge in [0.1, 0.15) is 5.75 Å². The molecule has 1 atom stereocenters. The van der Waals surface area contributed by atoms with Crippen LogP contribution < -0.4 is 4.74 Å². The smallest absolute Gasteiger partial charge is 0.167 e. The summed E-state index contributed by atoms with van der Waals surface area (Å²) < 4.78 is 10.8. The number of piperidine rings is 1. The first kappa shape index (κ1) is 17.5. The van der Waals surface area contributed by atoms with E-state index in [1.54, 1.807) is 7.11 Å². The van der Waals surface area contributed by atoms with E-state index in [4.69, 9.17) is 9.47 Å². The lowest BCUT2D eigenvalue weighted by Crippen LogP contribution is -2.46. The van der Waals surface area contributed by atoms with E-state index in [1.165, 1.54) is 0 Å². The average Bonchev–Trinajstić information content (AvgIpc) is 2.73. The lowest BCUT2D eigenvalue weighted by atomic mass is 9.88. The number of hydrogen-bond donors (Lipinski definition) is 0. The predicted octanol–water partition coefficient (Wildman–Crippen LogP) is 3.92. The van der Waals surface area contributed by atoms with E-state index in [2.05, 4.69) is 4.90 Å². The summed E-state index contributed by atoms with van der Waals surface area (Å²) in [5, 5.41) is 2.20. The van der Waals surface area contributed by atoms with Crippen molar-refractivity contribution in [1.82, 2.24) is 4.90 Å². The van der Waals surface area contributed by atoms with Crippen molar-refractivity contribution in [1.29, 1.82) is 0 Å². The molecule has 0 radical (unpaired) electrons. The number of carbonyl (C=O) groups is 1. The van der Waals surface area contributed by atoms with Crippen LogP contribution in [-0.4, -0.2) is 50.1 Å². The number of Topliss-reactive ketones (excluding diaryl/α,β-unsaturated/α-hetero) is 1. The largest absolute Gasteiger partial charge is 0.497 e. The first-order valence-corrected chi connectivity index (χ1v) is 9.68. The number of likely N-dealkylation sites (tertiary alicyclic amines) is 1. The molecule has 0 amide bonds. The molecule has 2 aliphatic heterocycles. The second kappa shape index (κ2) is 7.77. The van der Waals surface area contributed by atoms with Gasteiger partial charge >= 0.3 is 0 Å². The summed E-state index contributed by atoms with van der Waals surface area (Å²) in [4.78, 5) is 15.6. The molecule has 0 bridgehead atoms. The minimum atomic E-state index is 0.113. The number of carbonyl (C=O) groups excluding carboxylic acids is 1. The van der Waals surface area contributed by atoms with E-state index in [1.807, 2.05) is 36.4 Å². The third-order valence-electron chi connectivity index (χ3n) is 5.86. The lowest BCUT2D eigenvalue weighted by molar-refractivity contribution is 0.0183. The van der Waals surface area contributed by atoms with Crippen molar-refractivity contribution < 1.29 is 14.3 Å². The number of hydrogen-bond acceptors (Lipinski definition) is 4. The molecule has 2 aromatic rings. The summed E-state index contributed by atoms with van der Waals surface area (Å²) in [5.41, 5.74) is 0.835. The number of rotatable bonds is 4. The van der Waals surface area contributed by atoms with E-state index in [-0.39, 0.29) is 5.92 Å². The highest BCUT2D eigenvalue weighted by atomic mass is 16.5. The normalized spacial score (nSPS) is 22.4. The first-order chi connectivity index (χ1) is 12.7. The van der Waals surface area contributed by atoms with Gasteiger partial charge in [0.05, 0.1) is 7.11 Å². The molecular weight excluding hydrogens is 326 g/mol. The van der Waals surface area contributed by atoms with Crippen molar-refractivity contribution in [3.8, 4) is 5.75 Å². The highest BCUT2D eigenvalue weighted by molar-refractivity contribution is 6.01. The summed E-state index contributed by atoms with van der Waals surface area (Å²) in [7, 11) is 1.67. The Morgan fingerprint density at radius 3 is 2.65 bits per heavy atom. The maximum atomic E-state index is 13.1. The van der Waals surface area contributed by atoms with Gasteiger partial charge in [-0.25, -0.2) is 0 Å². The van der Waals surface area contributed by atoms with Gasteiger partial charge in [0, 0.05) is 37.3 Å². The molecule has 0 N–H and O–H groups in total. The number of methoxy groups -OCH3 is 1. The summed E-state index contributed by atoms with van der Waals surface area (Å²) in [6.45, 7) is 3.72. The summed E-state index contributed by atoms with van der Waals surface area (Å²) >= 11 is 0. The van der Waals surface area contributed by atoms with Gasteiger partial charge in [-0.2, -0.15) is 0 Å². The highest BCUT2D eigenvalue weighted by Gasteiger charge is 2.31. The van der Waals surface area contributed by atoms with Gasteiger partial charge < -0.3 is 9.47 Å². The van der Waals surface area contributed by atoms with E-state index in [0.29, 0.717) is 11.8 Å². The fourth-order valence-corrected chi connectivity index (χ4v) is 4.34. The minimum absolute atomic E-state index is 0.113. The molecule has 4 rings (SSSR count). The summed E-state index contributed by atoms with van der Waals surface area (Å²) in [6, 6.07) is 12.6. The van der Waals surface area contributed by atoms with Crippen LogP contribution in [0, 0.1) is 5.92 Å². The maximum absolute atomic E-state index is 13.1. The maximum Gasteiger partial charge on any atom is 0.167 e. The molecule has 2 aromatic carbocycles. The molecule has 4 nitrogen and oxygen atoms in total. The van der Waals surface area contributed by atoms with E-state index >= 15 is 0 Å². The molecule has 0 aliphatic carbocycles. The zero-order valence-corrected chi connectivity index (χ0v) is 15.4. The summed E-state index contributed by atoms with van der Waals surface area (Å²) in [5.74, 6) is 1.25. The van der Waals surface area contributed by atoms with Crippen LogP contribution in [0.3, 0.4) is 0 Å². The molecule has 0 aromatic heterocycles. The van der Waals surface area contributed by atoms with Crippen LogP contribution in [0.1, 0.15) is 36.0 Å². The van der Waals surface area contributed by atoms with Crippen molar-refractivity contribution >= 4 is 16.6 Å². The Balaban J connectivity index is 1.50. The van der Waals surface area contributed by atoms with Gasteiger partial charge in [-0.1, -0.05) is 18.2 Å². The topological polar surface area (TPSA) is 38.8 Å². The van der Waals surface area contributed by atoms with Crippen LogP contribution >= 0.6 is 0 Å². The molecule has 4 heteroatoms. The fourth-order valence-electron chi connectivity index (χ4n) is 4.34. The van der Waals surface area contributed by atoms with Gasteiger partial charge in [-0.15, -0.1) is 0 Å². The lowest BCUT2D eigenvalue weighted by Gasteiger charge is -2.39. The van der Waals surface area contributed by atoms with E-state index < -0.39 is 0 Å².